The van der Waals surface area contributed by atoms with Gasteiger partial charge in [0.25, 0.3) is 0 Å². The van der Waals surface area contributed by atoms with Crippen LogP contribution >= 0.6 is 0 Å². The van der Waals surface area contributed by atoms with Gasteiger partial charge in [-0.05, 0) is 60.4 Å². The number of aliphatic hydroxyl groups excluding tert-OH is 1. The molecule has 5 rings (SSSR count). The number of anilines is 2. The van der Waals surface area contributed by atoms with Gasteiger partial charge in [-0.25, -0.2) is 0 Å². The quantitative estimate of drug-likeness (QED) is 0.343. The van der Waals surface area contributed by atoms with Crippen molar-refractivity contribution in [1.29, 1.82) is 0 Å². The highest BCUT2D eigenvalue weighted by molar-refractivity contribution is 5.68. The molecule has 3 aromatic carbocycles. The van der Waals surface area contributed by atoms with Crippen molar-refractivity contribution in [1.82, 2.24) is 0 Å². The van der Waals surface area contributed by atoms with Crippen molar-refractivity contribution in [3.63, 3.8) is 0 Å². The van der Waals surface area contributed by atoms with Crippen molar-refractivity contribution in [2.75, 3.05) is 42.6 Å². The molecular formula is C30H30F6N2O3. The van der Waals surface area contributed by atoms with Gasteiger partial charge < -0.3 is 24.4 Å². The van der Waals surface area contributed by atoms with Crippen LogP contribution in [-0.2, 0) is 16.6 Å². The maximum absolute atomic E-state index is 13.4. The van der Waals surface area contributed by atoms with Gasteiger partial charge in [0, 0.05) is 36.4 Å². The zero-order valence-electron chi connectivity index (χ0n) is 22.3. The van der Waals surface area contributed by atoms with Gasteiger partial charge in [0.15, 0.2) is 6.10 Å². The Kier molecular flexibility index (Phi) is 7.86. The standard InChI is InChI=1S/C30H30F6N2O3/c1-20-17-37(12-13-40-20)23-8-5-7-22(15-23)28(16-21-6-4-9-24(14-21)41-30(34,35)36)19-38(18-27(39)29(31,32)33)26-11-3-2-10-25(26)28/h2-11,14-15,20,27,39H,12-13,16-19H2,1H3/t20-,27+,28?/m0/s1. The normalized spacial score (nSPS) is 22.0. The van der Waals surface area contributed by atoms with E-state index in [2.05, 4.69) is 9.64 Å². The number of hydrogen-bond acceptors (Lipinski definition) is 5. The summed E-state index contributed by atoms with van der Waals surface area (Å²) in [7, 11) is 0. The van der Waals surface area contributed by atoms with Crippen LogP contribution in [0.3, 0.4) is 0 Å². The van der Waals surface area contributed by atoms with Gasteiger partial charge in [-0.3, -0.25) is 0 Å². The van der Waals surface area contributed by atoms with Gasteiger partial charge in [0.2, 0.25) is 0 Å². The molecule has 0 aromatic heterocycles. The minimum absolute atomic E-state index is 0.0179. The predicted octanol–water partition coefficient (Wildman–Crippen LogP) is 6.08. The van der Waals surface area contributed by atoms with Gasteiger partial charge in [-0.2, -0.15) is 13.2 Å². The summed E-state index contributed by atoms with van der Waals surface area (Å²) in [6, 6.07) is 20.4. The molecule has 1 N–H and O–H groups in total. The molecule has 3 atom stereocenters. The number of benzene rings is 3. The van der Waals surface area contributed by atoms with Gasteiger partial charge in [-0.15, -0.1) is 13.2 Å². The lowest BCUT2D eigenvalue weighted by atomic mass is 9.71. The van der Waals surface area contributed by atoms with E-state index in [9.17, 15) is 31.4 Å². The Hall–Kier alpha value is -3.44. The molecule has 5 nitrogen and oxygen atoms in total. The number of ether oxygens (including phenoxy) is 2. The molecule has 0 aliphatic carbocycles. The molecule has 2 aliphatic heterocycles. The van der Waals surface area contributed by atoms with Crippen molar-refractivity contribution in [3.8, 4) is 5.75 Å². The molecule has 0 radical (unpaired) electrons. The first-order valence-corrected chi connectivity index (χ1v) is 13.3. The molecule has 1 unspecified atom stereocenters. The molecule has 3 aromatic rings. The fourth-order valence-corrected chi connectivity index (χ4v) is 5.88. The second-order valence-corrected chi connectivity index (χ2v) is 10.6. The molecule has 41 heavy (non-hydrogen) atoms. The second kappa shape index (κ2) is 11.1. The van der Waals surface area contributed by atoms with Crippen molar-refractivity contribution in [2.45, 2.75) is 43.5 Å². The van der Waals surface area contributed by atoms with Crippen LogP contribution in [0.2, 0.25) is 0 Å². The molecule has 220 valence electrons. The number of para-hydroxylation sites is 1. The number of alkyl halides is 6. The fourth-order valence-electron chi connectivity index (χ4n) is 5.88. The molecule has 0 saturated carbocycles. The predicted molar refractivity (Wildman–Crippen MR) is 142 cm³/mol. The Morgan fingerprint density at radius 1 is 1.00 bits per heavy atom. The van der Waals surface area contributed by atoms with Crippen LogP contribution in [0.15, 0.2) is 72.8 Å². The second-order valence-electron chi connectivity index (χ2n) is 10.6. The van der Waals surface area contributed by atoms with Crippen LogP contribution in [0.5, 0.6) is 5.75 Å². The summed E-state index contributed by atoms with van der Waals surface area (Å²) in [6.45, 7) is 3.25. The molecule has 0 amide bonds. The monoisotopic (exact) mass is 580 g/mol. The van der Waals surface area contributed by atoms with Crippen molar-refractivity contribution in [3.05, 3.63) is 89.5 Å². The lowest BCUT2D eigenvalue weighted by Gasteiger charge is -2.36. The van der Waals surface area contributed by atoms with E-state index in [4.69, 9.17) is 4.74 Å². The van der Waals surface area contributed by atoms with Gasteiger partial charge >= 0.3 is 12.5 Å². The van der Waals surface area contributed by atoms with E-state index < -0.39 is 30.6 Å². The highest BCUT2D eigenvalue weighted by Gasteiger charge is 2.47. The largest absolute Gasteiger partial charge is 0.573 e. The maximum atomic E-state index is 13.4. The number of β-amino-alcohol motifs (C(OH)–C–C–N with tert-alkyl or cyclic N) is 1. The average molecular weight is 581 g/mol. The van der Waals surface area contributed by atoms with Gasteiger partial charge in [0.05, 0.1) is 19.3 Å². The van der Waals surface area contributed by atoms with Gasteiger partial charge in [0.1, 0.15) is 5.75 Å². The van der Waals surface area contributed by atoms with Crippen LogP contribution in [0, 0.1) is 0 Å². The van der Waals surface area contributed by atoms with E-state index in [0.717, 1.165) is 16.8 Å². The summed E-state index contributed by atoms with van der Waals surface area (Å²) in [4.78, 5) is 3.68. The van der Waals surface area contributed by atoms with E-state index in [0.29, 0.717) is 30.9 Å². The molecule has 0 spiro atoms. The van der Waals surface area contributed by atoms with Crippen LogP contribution in [0.4, 0.5) is 37.7 Å². The van der Waals surface area contributed by atoms with E-state index in [1.54, 1.807) is 24.3 Å². The lowest BCUT2D eigenvalue weighted by Crippen LogP contribution is -2.44. The average Bonchev–Trinajstić information content (AvgIpc) is 3.21. The Balaban J connectivity index is 1.60. The summed E-state index contributed by atoms with van der Waals surface area (Å²) in [5.41, 5.74) is 2.55. The number of fused-ring (bicyclic) bond motifs is 1. The number of rotatable bonds is 7. The fraction of sp³-hybridized carbons (Fsp3) is 0.400. The minimum Gasteiger partial charge on any atom is -0.406 e. The van der Waals surface area contributed by atoms with E-state index >= 15 is 0 Å². The first kappa shape index (κ1) is 29.1. The van der Waals surface area contributed by atoms with Crippen LogP contribution in [0.25, 0.3) is 0 Å². The van der Waals surface area contributed by atoms with Crippen LogP contribution in [0.1, 0.15) is 23.6 Å². The molecule has 11 heteroatoms. The Morgan fingerprint density at radius 3 is 2.49 bits per heavy atom. The maximum Gasteiger partial charge on any atom is 0.573 e. The van der Waals surface area contributed by atoms with Crippen LogP contribution in [-0.4, -0.2) is 62.6 Å². The van der Waals surface area contributed by atoms with E-state index in [1.807, 2.05) is 37.3 Å². The van der Waals surface area contributed by atoms with Crippen molar-refractivity contribution in [2.24, 2.45) is 0 Å². The summed E-state index contributed by atoms with van der Waals surface area (Å²) in [5.74, 6) is -0.378. The van der Waals surface area contributed by atoms with Crippen molar-refractivity contribution < 1.29 is 40.9 Å². The summed E-state index contributed by atoms with van der Waals surface area (Å²) >= 11 is 0. The Bertz CT molecular complexity index is 1360. The first-order valence-electron chi connectivity index (χ1n) is 13.3. The molecule has 2 heterocycles. The number of halogens is 6. The number of nitrogens with zero attached hydrogens (tertiary/aromatic N) is 2. The summed E-state index contributed by atoms with van der Waals surface area (Å²) in [6.07, 6.45) is -12.1. The highest BCUT2D eigenvalue weighted by atomic mass is 19.4. The Morgan fingerprint density at radius 2 is 1.76 bits per heavy atom. The van der Waals surface area contributed by atoms with E-state index in [-0.39, 0.29) is 24.8 Å². The highest BCUT2D eigenvalue weighted by Crippen LogP contribution is 2.48. The lowest BCUT2D eigenvalue weighted by molar-refractivity contribution is -0.274. The van der Waals surface area contributed by atoms with Crippen molar-refractivity contribution >= 4 is 11.4 Å². The zero-order valence-corrected chi connectivity index (χ0v) is 22.3. The summed E-state index contributed by atoms with van der Waals surface area (Å²) in [5, 5.41) is 9.98. The molecule has 1 fully saturated rings. The third-order valence-corrected chi connectivity index (χ3v) is 7.64. The number of hydrogen-bond donors (Lipinski definition) is 1. The smallest absolute Gasteiger partial charge is 0.406 e. The van der Waals surface area contributed by atoms with E-state index in [1.165, 1.54) is 23.1 Å². The van der Waals surface area contributed by atoms with Gasteiger partial charge in [-0.1, -0.05) is 42.5 Å². The molecule has 1 saturated heterocycles. The summed E-state index contributed by atoms with van der Waals surface area (Å²) < 4.78 is 89.0. The number of aliphatic hydroxyl groups is 1. The minimum atomic E-state index is -4.87. The van der Waals surface area contributed by atoms with Crippen LogP contribution < -0.4 is 14.5 Å². The Labute approximate surface area is 233 Å². The molecule has 2 aliphatic rings. The first-order chi connectivity index (χ1) is 19.3. The molecule has 0 bridgehead atoms. The topological polar surface area (TPSA) is 45.2 Å². The molecular weight excluding hydrogens is 550 g/mol. The number of morpholine rings is 1. The third kappa shape index (κ3) is 6.41. The SMILES string of the molecule is C[C@H]1CN(c2cccc(C3(Cc4cccc(OC(F)(F)F)c4)CN(C[C@@H](O)C(F)(F)F)c4ccccc43)c2)CCO1. The third-order valence-electron chi connectivity index (χ3n) is 7.64. The zero-order chi connectivity index (χ0) is 29.4.